The zero-order valence-electron chi connectivity index (χ0n) is 19.2. The Bertz CT molecular complexity index is 994. The van der Waals surface area contributed by atoms with E-state index in [1.807, 2.05) is 18.2 Å². The van der Waals surface area contributed by atoms with E-state index in [4.69, 9.17) is 14.2 Å². The first-order valence-corrected chi connectivity index (χ1v) is 10.9. The van der Waals surface area contributed by atoms with Crippen molar-refractivity contribution in [1.82, 2.24) is 5.32 Å². The summed E-state index contributed by atoms with van der Waals surface area (Å²) in [5.74, 6) is 1.63. The molecular formula is C24H31N3O6. The maximum absolute atomic E-state index is 11.8. The Morgan fingerprint density at radius 1 is 1.12 bits per heavy atom. The van der Waals surface area contributed by atoms with E-state index in [9.17, 15) is 14.7 Å². The van der Waals surface area contributed by atoms with Crippen LogP contribution in [0, 0.1) is 0 Å². The third kappa shape index (κ3) is 6.59. The van der Waals surface area contributed by atoms with Gasteiger partial charge in [-0.15, -0.1) is 0 Å². The van der Waals surface area contributed by atoms with Gasteiger partial charge in [-0.05, 0) is 49.2 Å². The number of aliphatic hydroxyl groups is 1. The van der Waals surface area contributed by atoms with Crippen molar-refractivity contribution in [3.05, 3.63) is 41.5 Å². The second kappa shape index (κ2) is 11.5. The fourth-order valence-corrected chi connectivity index (χ4v) is 3.67. The molecule has 1 aliphatic rings. The minimum atomic E-state index is -0.709. The van der Waals surface area contributed by atoms with Crippen LogP contribution in [0.3, 0.4) is 0 Å². The van der Waals surface area contributed by atoms with Crippen LogP contribution in [0.25, 0.3) is 0 Å². The summed E-state index contributed by atoms with van der Waals surface area (Å²) in [6.07, 6.45) is 0.905. The molecule has 0 aliphatic carbocycles. The number of ether oxygens (including phenoxy) is 3. The molecule has 1 unspecified atom stereocenters. The molecule has 1 atom stereocenters. The number of carbonyl (C=O) groups excluding carboxylic acids is 2. The lowest BCUT2D eigenvalue weighted by molar-refractivity contribution is -0.116. The van der Waals surface area contributed by atoms with E-state index in [0.29, 0.717) is 54.6 Å². The Labute approximate surface area is 193 Å². The summed E-state index contributed by atoms with van der Waals surface area (Å²) in [6, 6.07) is 9.23. The van der Waals surface area contributed by atoms with Crippen molar-refractivity contribution in [3.8, 4) is 17.2 Å². The molecule has 2 aromatic rings. The standard InChI is InChI=1S/C24H31N3O6/c1-15(28)26-19-6-8-20(18-5-9-23(30)27-24(18)19)33-14-17(29)13-25-11-10-16-4-7-21(31-2)22(12-16)32-3/h4,6-8,12,17,25,29H,5,9-11,13-14H2,1-3H3,(H,26,28)(H,27,30). The number of anilines is 2. The maximum atomic E-state index is 11.8. The van der Waals surface area contributed by atoms with Crippen molar-refractivity contribution in [2.75, 3.05) is 44.5 Å². The Kier molecular flexibility index (Phi) is 8.51. The van der Waals surface area contributed by atoms with Crippen molar-refractivity contribution in [2.45, 2.75) is 32.3 Å². The molecule has 33 heavy (non-hydrogen) atoms. The quantitative estimate of drug-likeness (QED) is 0.382. The van der Waals surface area contributed by atoms with Crippen LogP contribution in [0.4, 0.5) is 11.4 Å². The predicted molar refractivity (Wildman–Crippen MR) is 125 cm³/mol. The van der Waals surface area contributed by atoms with Gasteiger partial charge >= 0.3 is 0 Å². The molecule has 0 bridgehead atoms. The Balaban J connectivity index is 1.50. The van der Waals surface area contributed by atoms with Crippen LogP contribution in [0.15, 0.2) is 30.3 Å². The molecule has 1 aliphatic heterocycles. The van der Waals surface area contributed by atoms with Crippen LogP contribution in [0.2, 0.25) is 0 Å². The first-order chi connectivity index (χ1) is 15.9. The highest BCUT2D eigenvalue weighted by Crippen LogP contribution is 2.37. The Morgan fingerprint density at radius 2 is 1.88 bits per heavy atom. The summed E-state index contributed by atoms with van der Waals surface area (Å²) in [5, 5.41) is 19.1. The number of aliphatic hydroxyl groups excluding tert-OH is 1. The molecule has 2 amide bonds. The molecule has 9 heteroatoms. The largest absolute Gasteiger partial charge is 0.493 e. The van der Waals surface area contributed by atoms with E-state index in [0.717, 1.165) is 17.5 Å². The molecule has 4 N–H and O–H groups in total. The van der Waals surface area contributed by atoms with Crippen molar-refractivity contribution in [3.63, 3.8) is 0 Å². The van der Waals surface area contributed by atoms with Gasteiger partial charge in [0.05, 0.1) is 25.6 Å². The number of carbonyl (C=O) groups is 2. The number of hydrogen-bond donors (Lipinski definition) is 4. The molecule has 0 radical (unpaired) electrons. The van der Waals surface area contributed by atoms with Crippen LogP contribution in [0.1, 0.15) is 24.5 Å². The number of fused-ring (bicyclic) bond motifs is 1. The first-order valence-electron chi connectivity index (χ1n) is 10.9. The molecule has 0 fully saturated rings. The van der Waals surface area contributed by atoms with Gasteiger partial charge in [-0.2, -0.15) is 0 Å². The van der Waals surface area contributed by atoms with Crippen LogP contribution in [-0.2, 0) is 22.4 Å². The zero-order valence-corrected chi connectivity index (χ0v) is 19.2. The van der Waals surface area contributed by atoms with Gasteiger partial charge in [0.2, 0.25) is 11.8 Å². The molecule has 0 aromatic heterocycles. The molecule has 0 saturated heterocycles. The topological polar surface area (TPSA) is 118 Å². The Hall–Kier alpha value is -3.30. The highest BCUT2D eigenvalue weighted by atomic mass is 16.5. The smallest absolute Gasteiger partial charge is 0.224 e. The lowest BCUT2D eigenvalue weighted by Crippen LogP contribution is -2.32. The lowest BCUT2D eigenvalue weighted by Gasteiger charge is -2.24. The van der Waals surface area contributed by atoms with Gasteiger partial charge in [-0.1, -0.05) is 6.07 Å². The number of amides is 2. The van der Waals surface area contributed by atoms with Gasteiger partial charge < -0.3 is 35.3 Å². The molecule has 9 nitrogen and oxygen atoms in total. The van der Waals surface area contributed by atoms with E-state index in [2.05, 4.69) is 16.0 Å². The molecule has 0 saturated carbocycles. The number of rotatable bonds is 11. The highest BCUT2D eigenvalue weighted by Gasteiger charge is 2.23. The van der Waals surface area contributed by atoms with Crippen molar-refractivity contribution in [2.24, 2.45) is 0 Å². The van der Waals surface area contributed by atoms with E-state index in [1.54, 1.807) is 26.4 Å². The predicted octanol–water partition coefficient (Wildman–Crippen LogP) is 2.12. The normalized spacial score (nSPS) is 13.5. The average Bonchev–Trinajstić information content (AvgIpc) is 2.80. The molecule has 178 valence electrons. The van der Waals surface area contributed by atoms with Gasteiger partial charge in [-0.3, -0.25) is 9.59 Å². The molecule has 2 aromatic carbocycles. The van der Waals surface area contributed by atoms with Gasteiger partial charge in [0.25, 0.3) is 0 Å². The zero-order chi connectivity index (χ0) is 23.8. The van der Waals surface area contributed by atoms with E-state index in [-0.39, 0.29) is 18.4 Å². The van der Waals surface area contributed by atoms with Crippen molar-refractivity contribution in [1.29, 1.82) is 0 Å². The van der Waals surface area contributed by atoms with Crippen molar-refractivity contribution < 1.29 is 28.9 Å². The highest BCUT2D eigenvalue weighted by molar-refractivity contribution is 6.02. The van der Waals surface area contributed by atoms with Gasteiger partial charge in [0.15, 0.2) is 11.5 Å². The van der Waals surface area contributed by atoms with Crippen LogP contribution in [0.5, 0.6) is 17.2 Å². The first kappa shape index (κ1) is 24.3. The summed E-state index contributed by atoms with van der Waals surface area (Å²) in [6.45, 7) is 2.56. The van der Waals surface area contributed by atoms with Gasteiger partial charge in [-0.25, -0.2) is 0 Å². The van der Waals surface area contributed by atoms with E-state index >= 15 is 0 Å². The number of methoxy groups -OCH3 is 2. The molecule has 0 spiro atoms. The monoisotopic (exact) mass is 457 g/mol. The third-order valence-corrected chi connectivity index (χ3v) is 5.30. The van der Waals surface area contributed by atoms with Crippen LogP contribution in [-0.4, -0.2) is 56.9 Å². The minimum absolute atomic E-state index is 0.100. The van der Waals surface area contributed by atoms with E-state index in [1.165, 1.54) is 6.92 Å². The second-order valence-corrected chi connectivity index (χ2v) is 7.80. The maximum Gasteiger partial charge on any atom is 0.224 e. The number of nitrogens with one attached hydrogen (secondary N) is 3. The molecule has 3 rings (SSSR count). The summed E-state index contributed by atoms with van der Waals surface area (Å²) in [7, 11) is 3.21. The fraction of sp³-hybridized carbons (Fsp3) is 0.417. The number of benzene rings is 2. The van der Waals surface area contributed by atoms with Gasteiger partial charge in [0, 0.05) is 25.5 Å². The second-order valence-electron chi connectivity index (χ2n) is 7.80. The van der Waals surface area contributed by atoms with Crippen LogP contribution < -0.4 is 30.2 Å². The van der Waals surface area contributed by atoms with Gasteiger partial charge in [0.1, 0.15) is 18.5 Å². The summed E-state index contributed by atoms with van der Waals surface area (Å²) >= 11 is 0. The third-order valence-electron chi connectivity index (χ3n) is 5.30. The van der Waals surface area contributed by atoms with Crippen molar-refractivity contribution >= 4 is 23.2 Å². The molecular weight excluding hydrogens is 426 g/mol. The number of hydrogen-bond acceptors (Lipinski definition) is 7. The van der Waals surface area contributed by atoms with E-state index < -0.39 is 6.10 Å². The summed E-state index contributed by atoms with van der Waals surface area (Å²) < 4.78 is 16.4. The summed E-state index contributed by atoms with van der Waals surface area (Å²) in [4.78, 5) is 23.3. The average molecular weight is 458 g/mol. The fourth-order valence-electron chi connectivity index (χ4n) is 3.67. The SMILES string of the molecule is COc1ccc(CCNCC(O)COc2ccc(NC(C)=O)c3c2CCC(=O)N3)cc1OC. The summed E-state index contributed by atoms with van der Waals surface area (Å²) in [5.41, 5.74) is 3.00. The Morgan fingerprint density at radius 3 is 2.61 bits per heavy atom. The molecule has 1 heterocycles. The minimum Gasteiger partial charge on any atom is -0.493 e. The van der Waals surface area contributed by atoms with Crippen LogP contribution >= 0.6 is 0 Å². The lowest BCUT2D eigenvalue weighted by atomic mass is 10.0.